The van der Waals surface area contributed by atoms with Gasteiger partial charge in [0, 0.05) is 10.7 Å². The van der Waals surface area contributed by atoms with Crippen LogP contribution >= 0.6 is 11.6 Å². The van der Waals surface area contributed by atoms with Crippen molar-refractivity contribution in [3.05, 3.63) is 101 Å². The number of carbonyl (C=O) groups is 1. The fourth-order valence-corrected chi connectivity index (χ4v) is 4.76. The molecular formula is C33H33ClN2O4. The van der Waals surface area contributed by atoms with Gasteiger partial charge in [-0.15, -0.1) is 6.42 Å². The van der Waals surface area contributed by atoms with Gasteiger partial charge in [0.1, 0.15) is 12.4 Å². The lowest BCUT2D eigenvalue weighted by molar-refractivity contribution is -0.127. The summed E-state index contributed by atoms with van der Waals surface area (Å²) in [6, 6.07) is 25.2. The van der Waals surface area contributed by atoms with Gasteiger partial charge in [0.2, 0.25) is 0 Å². The molecule has 1 heterocycles. The van der Waals surface area contributed by atoms with Crippen LogP contribution in [0, 0.1) is 18.3 Å². The van der Waals surface area contributed by atoms with Gasteiger partial charge in [0.25, 0.3) is 5.91 Å². The summed E-state index contributed by atoms with van der Waals surface area (Å²) in [6.45, 7) is 2.26. The maximum atomic E-state index is 13.0. The first-order valence-corrected chi connectivity index (χ1v) is 13.4. The summed E-state index contributed by atoms with van der Waals surface area (Å²) >= 11 is 5.99. The van der Waals surface area contributed by atoms with Gasteiger partial charge < -0.3 is 24.5 Å². The monoisotopic (exact) mass is 556 g/mol. The molecule has 0 saturated heterocycles. The summed E-state index contributed by atoms with van der Waals surface area (Å²) in [7, 11) is 3.30. The number of H-pyrrole nitrogens is 1. The lowest BCUT2D eigenvalue weighted by Crippen LogP contribution is -2.24. The standard InChI is InChI=1S/C33H33ClN2O4/c1-5-18-40-32(26-11-13-27(34)14-12-26)33(37)36-31-17-15-28(35-31)25-9-6-23(7-10-25)19-22(2)20-24-8-16-29(38-3)30(21-24)39-4/h1,6-17,21-22,32,35H,18-20H2,2-4H3,(H,36,37). The maximum absolute atomic E-state index is 13.0. The summed E-state index contributed by atoms with van der Waals surface area (Å²) in [5.41, 5.74) is 5.06. The van der Waals surface area contributed by atoms with E-state index in [1.54, 1.807) is 38.5 Å². The summed E-state index contributed by atoms with van der Waals surface area (Å²) in [5.74, 6) is 4.58. The molecule has 3 aromatic carbocycles. The van der Waals surface area contributed by atoms with E-state index in [9.17, 15) is 4.79 Å². The van der Waals surface area contributed by atoms with Crippen molar-refractivity contribution >= 4 is 23.3 Å². The molecule has 206 valence electrons. The first-order chi connectivity index (χ1) is 19.4. The zero-order valence-electron chi connectivity index (χ0n) is 22.9. The highest BCUT2D eigenvalue weighted by molar-refractivity contribution is 6.30. The van der Waals surface area contributed by atoms with E-state index in [-0.39, 0.29) is 12.5 Å². The summed E-state index contributed by atoms with van der Waals surface area (Å²) < 4.78 is 16.4. The fraction of sp³-hybridized carbons (Fsp3) is 0.242. The van der Waals surface area contributed by atoms with Crippen LogP contribution in [-0.2, 0) is 22.4 Å². The van der Waals surface area contributed by atoms with Crippen molar-refractivity contribution in [1.29, 1.82) is 0 Å². The molecule has 0 aliphatic carbocycles. The minimum atomic E-state index is -0.861. The Bertz CT molecular complexity index is 1460. The number of ether oxygens (including phenoxy) is 3. The van der Waals surface area contributed by atoms with Crippen molar-refractivity contribution in [2.75, 3.05) is 26.1 Å². The number of nitrogens with one attached hydrogen (secondary N) is 2. The SMILES string of the molecule is C#CCOC(C(=O)Nc1ccc(-c2ccc(CC(C)Cc3ccc(OC)c(OC)c3)cc2)[nH]1)c1ccc(Cl)cc1. The van der Waals surface area contributed by atoms with Crippen molar-refractivity contribution in [2.24, 2.45) is 5.92 Å². The number of aromatic nitrogens is 1. The Hall–Kier alpha value is -4.18. The number of terminal acetylenes is 1. The molecule has 0 bridgehead atoms. The molecule has 4 rings (SSSR count). The van der Waals surface area contributed by atoms with Crippen molar-refractivity contribution in [1.82, 2.24) is 4.98 Å². The second-order valence-corrected chi connectivity index (χ2v) is 10.1. The minimum Gasteiger partial charge on any atom is -0.493 e. The van der Waals surface area contributed by atoms with Gasteiger partial charge in [-0.1, -0.05) is 66.9 Å². The third-order valence-electron chi connectivity index (χ3n) is 6.57. The van der Waals surface area contributed by atoms with E-state index in [0.717, 1.165) is 35.6 Å². The van der Waals surface area contributed by atoms with E-state index in [2.05, 4.69) is 53.5 Å². The number of hydrogen-bond acceptors (Lipinski definition) is 4. The summed E-state index contributed by atoms with van der Waals surface area (Å²) in [4.78, 5) is 16.3. The normalized spacial score (nSPS) is 12.3. The molecule has 2 N–H and O–H groups in total. The average molecular weight is 557 g/mol. The maximum Gasteiger partial charge on any atom is 0.259 e. The Morgan fingerprint density at radius 3 is 2.27 bits per heavy atom. The van der Waals surface area contributed by atoms with Crippen LogP contribution in [0.5, 0.6) is 11.5 Å². The molecule has 6 nitrogen and oxygen atoms in total. The van der Waals surface area contributed by atoms with Crippen LogP contribution in [0.4, 0.5) is 5.82 Å². The minimum absolute atomic E-state index is 0.00987. The van der Waals surface area contributed by atoms with Crippen LogP contribution in [0.25, 0.3) is 11.3 Å². The molecule has 2 atom stereocenters. The lowest BCUT2D eigenvalue weighted by Gasteiger charge is -2.16. The van der Waals surface area contributed by atoms with E-state index in [4.69, 9.17) is 32.2 Å². The fourth-order valence-electron chi connectivity index (χ4n) is 4.63. The topological polar surface area (TPSA) is 72.6 Å². The number of rotatable bonds is 12. The van der Waals surface area contributed by atoms with Crippen LogP contribution in [0.2, 0.25) is 5.02 Å². The van der Waals surface area contributed by atoms with E-state index >= 15 is 0 Å². The van der Waals surface area contributed by atoms with Gasteiger partial charge >= 0.3 is 0 Å². The number of halogens is 1. The predicted octanol–water partition coefficient (Wildman–Crippen LogP) is 7.10. The molecule has 0 spiro atoms. The van der Waals surface area contributed by atoms with Crippen LogP contribution in [-0.4, -0.2) is 31.7 Å². The molecule has 1 amide bonds. The highest BCUT2D eigenvalue weighted by Crippen LogP contribution is 2.29. The molecule has 40 heavy (non-hydrogen) atoms. The van der Waals surface area contributed by atoms with E-state index < -0.39 is 6.10 Å². The lowest BCUT2D eigenvalue weighted by atomic mass is 9.93. The Morgan fingerprint density at radius 1 is 0.925 bits per heavy atom. The van der Waals surface area contributed by atoms with Gasteiger partial charge in [0.05, 0.1) is 14.2 Å². The third-order valence-corrected chi connectivity index (χ3v) is 6.82. The molecule has 7 heteroatoms. The van der Waals surface area contributed by atoms with Crippen LogP contribution in [0.3, 0.4) is 0 Å². The predicted molar refractivity (Wildman–Crippen MR) is 160 cm³/mol. The number of aromatic amines is 1. The number of anilines is 1. The molecule has 4 aromatic rings. The molecule has 0 radical (unpaired) electrons. The van der Waals surface area contributed by atoms with Crippen LogP contribution in [0.1, 0.15) is 29.7 Å². The summed E-state index contributed by atoms with van der Waals surface area (Å²) in [6.07, 6.45) is 6.37. The van der Waals surface area contributed by atoms with Crippen molar-refractivity contribution in [3.8, 4) is 35.1 Å². The molecule has 2 unspecified atom stereocenters. The van der Waals surface area contributed by atoms with Gasteiger partial charge in [-0.25, -0.2) is 0 Å². The number of amides is 1. The van der Waals surface area contributed by atoms with Crippen molar-refractivity contribution < 1.29 is 19.0 Å². The van der Waals surface area contributed by atoms with Crippen LogP contribution in [0.15, 0.2) is 78.9 Å². The van der Waals surface area contributed by atoms with Gasteiger partial charge in [-0.05, 0) is 77.4 Å². The number of methoxy groups -OCH3 is 2. The Morgan fingerprint density at radius 2 is 1.60 bits per heavy atom. The molecule has 0 saturated carbocycles. The smallest absolute Gasteiger partial charge is 0.259 e. The van der Waals surface area contributed by atoms with Crippen molar-refractivity contribution in [2.45, 2.75) is 25.9 Å². The second kappa shape index (κ2) is 13.7. The first kappa shape index (κ1) is 28.8. The largest absolute Gasteiger partial charge is 0.493 e. The highest BCUT2D eigenvalue weighted by Gasteiger charge is 2.22. The van der Waals surface area contributed by atoms with Gasteiger partial charge in [0.15, 0.2) is 17.6 Å². The molecule has 0 fully saturated rings. The highest BCUT2D eigenvalue weighted by atomic mass is 35.5. The summed E-state index contributed by atoms with van der Waals surface area (Å²) in [5, 5.41) is 3.47. The van der Waals surface area contributed by atoms with Gasteiger partial charge in [-0.3, -0.25) is 4.79 Å². The molecule has 0 aliphatic heterocycles. The number of hydrogen-bond donors (Lipinski definition) is 2. The Balaban J connectivity index is 1.37. The molecule has 0 aliphatic rings. The number of benzene rings is 3. The first-order valence-electron chi connectivity index (χ1n) is 13.0. The van der Waals surface area contributed by atoms with Crippen molar-refractivity contribution in [3.63, 3.8) is 0 Å². The second-order valence-electron chi connectivity index (χ2n) is 9.62. The number of carbonyl (C=O) groups excluding carboxylic acids is 1. The molecule has 1 aromatic heterocycles. The third kappa shape index (κ3) is 7.47. The van der Waals surface area contributed by atoms with Gasteiger partial charge in [-0.2, -0.15) is 0 Å². The van der Waals surface area contributed by atoms with E-state index in [1.807, 2.05) is 24.3 Å². The van der Waals surface area contributed by atoms with Crippen LogP contribution < -0.4 is 14.8 Å². The van der Waals surface area contributed by atoms with E-state index in [1.165, 1.54) is 11.1 Å². The van der Waals surface area contributed by atoms with E-state index in [0.29, 0.717) is 22.3 Å². The average Bonchev–Trinajstić information content (AvgIpc) is 3.42. The Labute approximate surface area is 240 Å². The Kier molecular flexibility index (Phi) is 9.91. The molecular weight excluding hydrogens is 524 g/mol. The zero-order valence-corrected chi connectivity index (χ0v) is 23.6. The quantitative estimate of drug-likeness (QED) is 0.182. The zero-order chi connectivity index (χ0) is 28.5.